The van der Waals surface area contributed by atoms with Crippen molar-refractivity contribution in [2.75, 3.05) is 12.4 Å². The predicted octanol–water partition coefficient (Wildman–Crippen LogP) is 2.32. The van der Waals surface area contributed by atoms with E-state index in [-0.39, 0.29) is 18.2 Å². The molecule has 0 aromatic carbocycles. The van der Waals surface area contributed by atoms with Crippen molar-refractivity contribution < 1.29 is 4.74 Å². The summed E-state index contributed by atoms with van der Waals surface area (Å²) in [7, 11) is 1.76. The lowest BCUT2D eigenvalue weighted by atomic mass is 9.91. The largest absolute Gasteiger partial charge is 0.371 e. The van der Waals surface area contributed by atoms with E-state index in [1.807, 2.05) is 10.6 Å². The fourth-order valence-electron chi connectivity index (χ4n) is 3.14. The summed E-state index contributed by atoms with van der Waals surface area (Å²) in [6, 6.07) is 2.00. The number of hydrogen-bond donors (Lipinski definition) is 1. The Labute approximate surface area is 129 Å². The van der Waals surface area contributed by atoms with E-state index in [1.165, 1.54) is 0 Å². The maximum atomic E-state index is 9.12. The summed E-state index contributed by atoms with van der Waals surface area (Å²) in [5.41, 5.74) is 1.29. The van der Waals surface area contributed by atoms with Crippen molar-refractivity contribution in [3.05, 3.63) is 12.2 Å². The minimum atomic E-state index is -0.115. The van der Waals surface area contributed by atoms with E-state index in [0.717, 1.165) is 6.42 Å². The Hall–Kier alpha value is -2.20. The lowest BCUT2D eigenvalue weighted by molar-refractivity contribution is -0.0120. The summed E-state index contributed by atoms with van der Waals surface area (Å²) in [5.74, 6) is 1.50. The zero-order chi connectivity index (χ0) is 15.9. The van der Waals surface area contributed by atoms with Gasteiger partial charge in [0.05, 0.1) is 12.4 Å². The second-order valence-electron chi connectivity index (χ2n) is 5.77. The topological polar surface area (TPSA) is 88.6 Å². The van der Waals surface area contributed by atoms with E-state index in [0.29, 0.717) is 28.8 Å². The Morgan fingerprint density at radius 2 is 2.14 bits per heavy atom. The molecule has 0 aliphatic carbocycles. The number of rotatable bonds is 3. The van der Waals surface area contributed by atoms with Crippen LogP contribution >= 0.6 is 0 Å². The maximum Gasteiger partial charge on any atom is 0.236 e. The predicted molar refractivity (Wildman–Crippen MR) is 82.1 cm³/mol. The number of anilines is 1. The smallest absolute Gasteiger partial charge is 0.236 e. The van der Waals surface area contributed by atoms with Crippen molar-refractivity contribution >= 4 is 17.0 Å². The molecule has 0 spiro atoms. The first-order chi connectivity index (χ1) is 10.6. The van der Waals surface area contributed by atoms with E-state index < -0.39 is 0 Å². The number of fused-ring (bicyclic) bond motifs is 1. The van der Waals surface area contributed by atoms with Crippen molar-refractivity contribution in [1.29, 1.82) is 5.26 Å². The van der Waals surface area contributed by atoms with Gasteiger partial charge in [-0.1, -0.05) is 20.8 Å². The van der Waals surface area contributed by atoms with Gasteiger partial charge in [-0.05, 0) is 12.3 Å². The third-order valence-corrected chi connectivity index (χ3v) is 4.61. The van der Waals surface area contributed by atoms with Gasteiger partial charge in [-0.15, -0.1) is 0 Å². The maximum absolute atomic E-state index is 9.12. The molecule has 7 nitrogen and oxygen atoms in total. The van der Waals surface area contributed by atoms with Gasteiger partial charge in [-0.3, -0.25) is 4.57 Å². The molecule has 2 aromatic rings. The zero-order valence-electron chi connectivity index (χ0n) is 13.2. The highest BCUT2D eigenvalue weighted by Gasteiger charge is 2.39. The Kier molecular flexibility index (Phi) is 3.71. The highest BCUT2D eigenvalue weighted by Crippen LogP contribution is 2.41. The van der Waals surface area contributed by atoms with Gasteiger partial charge in [0.1, 0.15) is 12.3 Å². The summed E-state index contributed by atoms with van der Waals surface area (Å²) in [4.78, 5) is 12.9. The first-order valence-corrected chi connectivity index (χ1v) is 7.58. The van der Waals surface area contributed by atoms with Crippen molar-refractivity contribution in [3.8, 4) is 6.07 Å². The van der Waals surface area contributed by atoms with Gasteiger partial charge in [-0.25, -0.2) is 4.98 Å². The van der Waals surface area contributed by atoms with Gasteiger partial charge in [0.25, 0.3) is 0 Å². The number of hydrogen-bond acceptors (Lipinski definition) is 6. The van der Waals surface area contributed by atoms with Crippen LogP contribution in [0.4, 0.5) is 5.82 Å². The molecule has 1 saturated heterocycles. The Balaban J connectivity index is 2.11. The molecular formula is C15H20N6O. The van der Waals surface area contributed by atoms with E-state index in [4.69, 9.17) is 10.00 Å². The van der Waals surface area contributed by atoms with Crippen LogP contribution in [0.2, 0.25) is 0 Å². The van der Waals surface area contributed by atoms with Crippen LogP contribution in [0.3, 0.4) is 0 Å². The highest BCUT2D eigenvalue weighted by molar-refractivity contribution is 5.83. The molecule has 7 heteroatoms. The molecular weight excluding hydrogens is 280 g/mol. The Bertz CT molecular complexity index is 733. The molecule has 1 fully saturated rings. The molecule has 3 rings (SSSR count). The van der Waals surface area contributed by atoms with E-state index in [9.17, 15) is 0 Å². The normalized spacial score (nSPS) is 28.0. The lowest BCUT2D eigenvalue weighted by Gasteiger charge is -2.18. The molecule has 4 atom stereocenters. The summed E-state index contributed by atoms with van der Waals surface area (Å²) in [6.07, 6.45) is 2.83. The van der Waals surface area contributed by atoms with Gasteiger partial charge in [0, 0.05) is 13.0 Å². The van der Waals surface area contributed by atoms with Gasteiger partial charge in [0.2, 0.25) is 5.82 Å². The van der Waals surface area contributed by atoms with Gasteiger partial charge < -0.3 is 10.1 Å². The lowest BCUT2D eigenvalue weighted by Crippen LogP contribution is -2.16. The molecule has 0 saturated carbocycles. The van der Waals surface area contributed by atoms with Crippen LogP contribution in [0.15, 0.2) is 6.33 Å². The van der Waals surface area contributed by atoms with E-state index in [2.05, 4.69) is 41.0 Å². The number of ether oxygens (including phenoxy) is 1. The van der Waals surface area contributed by atoms with Crippen molar-refractivity contribution in [2.45, 2.75) is 39.5 Å². The van der Waals surface area contributed by atoms with Crippen LogP contribution in [0.5, 0.6) is 0 Å². The SMILES string of the molecule is CC[C@H]1OC(n2cnc3c(NC)nc(C#N)nc32)[C@H](C)[C@@H]1C. The van der Waals surface area contributed by atoms with Crippen LogP contribution < -0.4 is 5.32 Å². The minimum Gasteiger partial charge on any atom is -0.371 e. The molecule has 1 aliphatic rings. The third-order valence-electron chi connectivity index (χ3n) is 4.61. The van der Waals surface area contributed by atoms with Crippen LogP contribution in [0.1, 0.15) is 39.2 Å². The molecule has 2 aromatic heterocycles. The number of aromatic nitrogens is 4. The number of imidazole rings is 1. The molecule has 22 heavy (non-hydrogen) atoms. The third kappa shape index (κ3) is 2.11. The van der Waals surface area contributed by atoms with Crippen LogP contribution in [0, 0.1) is 23.2 Å². The molecule has 3 heterocycles. The number of nitrogens with one attached hydrogen (secondary N) is 1. The second kappa shape index (κ2) is 5.54. The molecule has 1 unspecified atom stereocenters. The summed E-state index contributed by atoms with van der Waals surface area (Å²) < 4.78 is 8.12. The summed E-state index contributed by atoms with van der Waals surface area (Å²) in [6.45, 7) is 6.53. The Morgan fingerprint density at radius 3 is 2.73 bits per heavy atom. The average Bonchev–Trinajstić information content (AvgIpc) is 3.08. The standard InChI is InChI=1S/C15H20N6O/c1-5-10-8(2)9(3)15(22-10)21-7-18-12-13(17-4)19-11(6-16)20-14(12)21/h7-10,15H,5H2,1-4H3,(H,17,19,20)/t8-,9+,10+,15?/m0/s1. The zero-order valence-corrected chi connectivity index (χ0v) is 13.2. The van der Waals surface area contributed by atoms with Crippen LogP contribution in [-0.4, -0.2) is 32.7 Å². The molecule has 1 aliphatic heterocycles. The fraction of sp³-hybridized carbons (Fsp3) is 0.600. The van der Waals surface area contributed by atoms with E-state index in [1.54, 1.807) is 13.4 Å². The van der Waals surface area contributed by atoms with Crippen molar-refractivity contribution in [2.24, 2.45) is 11.8 Å². The van der Waals surface area contributed by atoms with Gasteiger partial charge >= 0.3 is 0 Å². The highest BCUT2D eigenvalue weighted by atomic mass is 16.5. The fourth-order valence-corrected chi connectivity index (χ4v) is 3.14. The summed E-state index contributed by atoms with van der Waals surface area (Å²) >= 11 is 0. The molecule has 1 N–H and O–H groups in total. The molecule has 116 valence electrons. The Morgan fingerprint density at radius 1 is 1.36 bits per heavy atom. The minimum absolute atomic E-state index is 0.115. The molecule has 0 amide bonds. The number of nitrogens with zero attached hydrogens (tertiary/aromatic N) is 5. The van der Waals surface area contributed by atoms with Gasteiger partial charge in [-0.2, -0.15) is 15.2 Å². The van der Waals surface area contributed by atoms with Crippen LogP contribution in [-0.2, 0) is 4.74 Å². The first-order valence-electron chi connectivity index (χ1n) is 7.58. The van der Waals surface area contributed by atoms with Crippen molar-refractivity contribution in [3.63, 3.8) is 0 Å². The molecule has 0 radical (unpaired) electrons. The average molecular weight is 300 g/mol. The van der Waals surface area contributed by atoms with Gasteiger partial charge in [0.15, 0.2) is 17.0 Å². The quantitative estimate of drug-likeness (QED) is 0.935. The van der Waals surface area contributed by atoms with E-state index >= 15 is 0 Å². The monoisotopic (exact) mass is 300 g/mol. The first kappa shape index (κ1) is 14.7. The van der Waals surface area contributed by atoms with Crippen LogP contribution in [0.25, 0.3) is 11.2 Å². The van der Waals surface area contributed by atoms with Crippen molar-refractivity contribution in [1.82, 2.24) is 19.5 Å². The number of nitriles is 1. The molecule has 0 bridgehead atoms. The second-order valence-corrected chi connectivity index (χ2v) is 5.77. The summed E-state index contributed by atoms with van der Waals surface area (Å²) in [5, 5.41) is 12.1.